The van der Waals surface area contributed by atoms with Gasteiger partial charge in [0, 0.05) is 0 Å². The van der Waals surface area contributed by atoms with E-state index in [2.05, 4.69) is 0 Å². The van der Waals surface area contributed by atoms with Gasteiger partial charge in [0.15, 0.2) is 0 Å². The molecule has 0 atom stereocenters. The Hall–Kier alpha value is -1.12. The first-order valence-corrected chi connectivity index (χ1v) is 3.76. The van der Waals surface area contributed by atoms with Crippen LogP contribution in [0.5, 0.6) is 0 Å². The molecule has 2 N–H and O–H groups in total. The second-order valence-corrected chi connectivity index (χ2v) is 3.05. The van der Waals surface area contributed by atoms with Crippen molar-refractivity contribution in [2.45, 2.75) is 19.8 Å². The van der Waals surface area contributed by atoms with E-state index >= 15 is 0 Å². The number of nitrogen functional groups attached to an aromatic ring is 1. The first-order valence-electron chi connectivity index (χ1n) is 3.76. The maximum atomic E-state index is 12.8. The van der Waals surface area contributed by atoms with Crippen LogP contribution in [0.4, 0.5) is 14.5 Å². The summed E-state index contributed by atoms with van der Waals surface area (Å²) in [5.41, 5.74) is 5.32. The van der Waals surface area contributed by atoms with E-state index in [0.29, 0.717) is 5.56 Å². The molecule has 0 aliphatic heterocycles. The van der Waals surface area contributed by atoms with E-state index in [4.69, 9.17) is 5.73 Å². The molecule has 1 rings (SSSR count). The Kier molecular flexibility index (Phi) is 2.31. The van der Waals surface area contributed by atoms with Crippen LogP contribution in [0.25, 0.3) is 0 Å². The summed E-state index contributed by atoms with van der Waals surface area (Å²) in [7, 11) is 0. The van der Waals surface area contributed by atoms with Gasteiger partial charge in [0.05, 0.1) is 0 Å². The summed E-state index contributed by atoms with van der Waals surface area (Å²) in [6.45, 7) is 3.73. The summed E-state index contributed by atoms with van der Waals surface area (Å²) in [4.78, 5) is 0. The first kappa shape index (κ1) is 8.97. The fraction of sp³-hybridized carbons (Fsp3) is 0.333. The SMILES string of the molecule is CC(C)c1cc(F)c(N)c(F)c1. The van der Waals surface area contributed by atoms with E-state index in [1.165, 1.54) is 12.1 Å². The van der Waals surface area contributed by atoms with E-state index in [1.54, 1.807) is 0 Å². The Bertz CT molecular complexity index is 272. The highest BCUT2D eigenvalue weighted by molar-refractivity contribution is 5.43. The van der Waals surface area contributed by atoms with Crippen molar-refractivity contribution < 1.29 is 8.78 Å². The molecule has 66 valence electrons. The zero-order valence-corrected chi connectivity index (χ0v) is 7.07. The van der Waals surface area contributed by atoms with Gasteiger partial charge in [-0.05, 0) is 23.6 Å². The third-order valence-electron chi connectivity index (χ3n) is 1.77. The lowest BCUT2D eigenvalue weighted by Crippen LogP contribution is -1.98. The topological polar surface area (TPSA) is 26.0 Å². The molecular formula is C9H11F2N. The van der Waals surface area contributed by atoms with Gasteiger partial charge in [-0.1, -0.05) is 13.8 Å². The fourth-order valence-corrected chi connectivity index (χ4v) is 0.937. The molecule has 0 radical (unpaired) electrons. The predicted octanol–water partition coefficient (Wildman–Crippen LogP) is 2.67. The molecule has 1 nitrogen and oxygen atoms in total. The minimum atomic E-state index is -0.682. The van der Waals surface area contributed by atoms with E-state index in [0.717, 1.165) is 0 Å². The average molecular weight is 171 g/mol. The highest BCUT2D eigenvalue weighted by atomic mass is 19.1. The Morgan fingerprint density at radius 3 is 1.92 bits per heavy atom. The molecule has 0 aromatic heterocycles. The number of nitrogens with two attached hydrogens (primary N) is 1. The Labute approximate surface area is 70.2 Å². The van der Waals surface area contributed by atoms with Gasteiger partial charge in [-0.25, -0.2) is 8.78 Å². The van der Waals surface area contributed by atoms with Crippen LogP contribution >= 0.6 is 0 Å². The van der Waals surface area contributed by atoms with Gasteiger partial charge in [0.25, 0.3) is 0 Å². The van der Waals surface area contributed by atoms with Crippen molar-refractivity contribution in [2.75, 3.05) is 5.73 Å². The number of hydrogen-bond donors (Lipinski definition) is 1. The molecule has 0 aliphatic rings. The molecular weight excluding hydrogens is 160 g/mol. The van der Waals surface area contributed by atoms with Crippen molar-refractivity contribution in [3.8, 4) is 0 Å². The third kappa shape index (κ3) is 1.55. The van der Waals surface area contributed by atoms with Gasteiger partial charge in [0.2, 0.25) is 0 Å². The summed E-state index contributed by atoms with van der Waals surface area (Å²) < 4.78 is 25.7. The lowest BCUT2D eigenvalue weighted by Gasteiger charge is -2.07. The number of benzene rings is 1. The standard InChI is InChI=1S/C9H11F2N/c1-5(2)6-3-7(10)9(12)8(11)4-6/h3-5H,12H2,1-2H3. The van der Waals surface area contributed by atoms with E-state index in [-0.39, 0.29) is 5.92 Å². The smallest absolute Gasteiger partial charge is 0.149 e. The van der Waals surface area contributed by atoms with Gasteiger partial charge >= 0.3 is 0 Å². The molecule has 0 fully saturated rings. The molecule has 1 aromatic rings. The zero-order chi connectivity index (χ0) is 9.30. The van der Waals surface area contributed by atoms with Gasteiger partial charge in [-0.3, -0.25) is 0 Å². The van der Waals surface area contributed by atoms with Crippen molar-refractivity contribution in [1.82, 2.24) is 0 Å². The summed E-state index contributed by atoms with van der Waals surface area (Å²) in [5.74, 6) is -1.26. The largest absolute Gasteiger partial charge is 0.394 e. The fourth-order valence-electron chi connectivity index (χ4n) is 0.937. The lowest BCUT2D eigenvalue weighted by molar-refractivity contribution is 0.585. The van der Waals surface area contributed by atoms with Gasteiger partial charge < -0.3 is 5.73 Å². The van der Waals surface area contributed by atoms with Gasteiger partial charge in [-0.15, -0.1) is 0 Å². The minimum Gasteiger partial charge on any atom is -0.394 e. The predicted molar refractivity (Wildman–Crippen MR) is 44.9 cm³/mol. The molecule has 0 spiro atoms. The van der Waals surface area contributed by atoms with Crippen molar-refractivity contribution in [2.24, 2.45) is 0 Å². The van der Waals surface area contributed by atoms with Crippen LogP contribution in [-0.4, -0.2) is 0 Å². The number of anilines is 1. The summed E-state index contributed by atoms with van der Waals surface area (Å²) in [6.07, 6.45) is 0. The monoisotopic (exact) mass is 171 g/mol. The van der Waals surface area contributed by atoms with Crippen molar-refractivity contribution in [3.63, 3.8) is 0 Å². The second kappa shape index (κ2) is 3.09. The Balaban J connectivity index is 3.21. The normalized spacial score (nSPS) is 10.8. The van der Waals surface area contributed by atoms with Crippen LogP contribution in [0, 0.1) is 11.6 Å². The van der Waals surface area contributed by atoms with Crippen molar-refractivity contribution in [1.29, 1.82) is 0 Å². The second-order valence-electron chi connectivity index (χ2n) is 3.05. The maximum Gasteiger partial charge on any atom is 0.149 e. The van der Waals surface area contributed by atoms with Crippen LogP contribution < -0.4 is 5.73 Å². The molecule has 0 aliphatic carbocycles. The molecule has 3 heteroatoms. The van der Waals surface area contributed by atoms with Crippen LogP contribution in [0.3, 0.4) is 0 Å². The van der Waals surface area contributed by atoms with Gasteiger partial charge in [-0.2, -0.15) is 0 Å². The molecule has 0 unspecified atom stereocenters. The summed E-state index contributed by atoms with van der Waals surface area (Å²) in [6, 6.07) is 2.53. The van der Waals surface area contributed by atoms with E-state index < -0.39 is 17.3 Å². The summed E-state index contributed by atoms with van der Waals surface area (Å²) >= 11 is 0. The summed E-state index contributed by atoms with van der Waals surface area (Å²) in [5, 5.41) is 0. The molecule has 0 amide bonds. The minimum absolute atomic E-state index is 0.106. The third-order valence-corrected chi connectivity index (χ3v) is 1.77. The van der Waals surface area contributed by atoms with Crippen molar-refractivity contribution in [3.05, 3.63) is 29.3 Å². The quantitative estimate of drug-likeness (QED) is 0.646. The number of rotatable bonds is 1. The molecule has 0 saturated carbocycles. The Morgan fingerprint density at radius 1 is 1.17 bits per heavy atom. The molecule has 12 heavy (non-hydrogen) atoms. The highest BCUT2D eigenvalue weighted by Crippen LogP contribution is 2.22. The number of halogens is 2. The molecule has 1 aromatic carbocycles. The van der Waals surface area contributed by atoms with E-state index in [9.17, 15) is 8.78 Å². The lowest BCUT2D eigenvalue weighted by atomic mass is 10.0. The van der Waals surface area contributed by atoms with Crippen molar-refractivity contribution >= 4 is 5.69 Å². The van der Waals surface area contributed by atoms with Crippen LogP contribution in [-0.2, 0) is 0 Å². The maximum absolute atomic E-state index is 12.8. The van der Waals surface area contributed by atoms with E-state index in [1.807, 2.05) is 13.8 Å². The highest BCUT2D eigenvalue weighted by Gasteiger charge is 2.09. The average Bonchev–Trinajstić information content (AvgIpc) is 1.99. The van der Waals surface area contributed by atoms with Gasteiger partial charge in [0.1, 0.15) is 17.3 Å². The van der Waals surface area contributed by atoms with Crippen LogP contribution in [0.1, 0.15) is 25.3 Å². The first-order chi connectivity index (χ1) is 5.52. The van der Waals surface area contributed by atoms with Crippen LogP contribution in [0.2, 0.25) is 0 Å². The molecule has 0 bridgehead atoms. The number of hydrogen-bond acceptors (Lipinski definition) is 1. The van der Waals surface area contributed by atoms with Crippen LogP contribution in [0.15, 0.2) is 12.1 Å². The molecule has 0 saturated heterocycles. The molecule has 0 heterocycles. The Morgan fingerprint density at radius 2 is 1.58 bits per heavy atom. The zero-order valence-electron chi connectivity index (χ0n) is 7.07.